The highest BCUT2D eigenvalue weighted by Gasteiger charge is 2.20. The Bertz CT molecular complexity index is 1030. The number of carbonyl (C=O) groups is 1. The summed E-state index contributed by atoms with van der Waals surface area (Å²) >= 11 is 0. The van der Waals surface area contributed by atoms with Crippen LogP contribution in [0.3, 0.4) is 0 Å². The Morgan fingerprint density at radius 2 is 1.93 bits per heavy atom. The number of fused-ring (bicyclic) bond motifs is 1. The normalized spacial score (nSPS) is 13.4. The molecule has 1 aliphatic heterocycles. The minimum Gasteiger partial charge on any atom is -0.368 e. The van der Waals surface area contributed by atoms with E-state index < -0.39 is 0 Å². The number of nitrogens with zero attached hydrogens (tertiary/aromatic N) is 4. The number of nitrogens with two attached hydrogens (primary N) is 1. The lowest BCUT2D eigenvalue weighted by atomic mass is 9.99. The highest BCUT2D eigenvalue weighted by Crippen LogP contribution is 2.23. The molecule has 0 fully saturated rings. The number of Topliss-reactive ketones (excluding diaryl/α,β-unsaturated/α-hetero) is 1. The van der Waals surface area contributed by atoms with Crippen LogP contribution in [0.4, 0.5) is 11.8 Å². The van der Waals surface area contributed by atoms with E-state index in [1.165, 1.54) is 5.56 Å². The van der Waals surface area contributed by atoms with Gasteiger partial charge in [0.25, 0.3) is 0 Å². The van der Waals surface area contributed by atoms with Crippen LogP contribution in [0.1, 0.15) is 52.6 Å². The second kappa shape index (κ2) is 7.99. The topological polar surface area (TPSA) is 85.0 Å². The summed E-state index contributed by atoms with van der Waals surface area (Å²) in [5, 5.41) is 0. The van der Waals surface area contributed by atoms with Crippen LogP contribution in [-0.4, -0.2) is 27.3 Å². The van der Waals surface area contributed by atoms with Gasteiger partial charge >= 0.3 is 0 Å². The van der Waals surface area contributed by atoms with Crippen LogP contribution in [0, 0.1) is 0 Å². The fourth-order valence-corrected chi connectivity index (χ4v) is 3.58. The van der Waals surface area contributed by atoms with Crippen molar-refractivity contribution in [3.05, 3.63) is 76.7 Å². The van der Waals surface area contributed by atoms with Crippen LogP contribution < -0.4 is 10.6 Å². The standard InChI is InChI=1S/C23H25N5O/c1-15(2)17-8-6-16(7-9-17)12-21(29)20-4-3-5-22(26-20)28-11-10-19-18(14-28)13-25-23(24)27-19/h3-9,13,15H,10-12,14H2,1-2H3,(H2,24,25,27). The highest BCUT2D eigenvalue weighted by atomic mass is 16.1. The van der Waals surface area contributed by atoms with Crippen LogP contribution in [-0.2, 0) is 19.4 Å². The van der Waals surface area contributed by atoms with E-state index in [2.05, 4.69) is 45.8 Å². The molecule has 0 saturated heterocycles. The van der Waals surface area contributed by atoms with Crippen molar-refractivity contribution in [2.24, 2.45) is 0 Å². The number of benzene rings is 1. The molecule has 1 aliphatic rings. The second-order valence-electron chi connectivity index (χ2n) is 7.75. The van der Waals surface area contributed by atoms with E-state index in [9.17, 15) is 4.79 Å². The van der Waals surface area contributed by atoms with E-state index in [1.807, 2.05) is 24.3 Å². The first-order valence-electron chi connectivity index (χ1n) is 9.94. The smallest absolute Gasteiger partial charge is 0.220 e. The fraction of sp³-hybridized carbons (Fsp3) is 0.304. The average Bonchev–Trinajstić information content (AvgIpc) is 2.74. The summed E-state index contributed by atoms with van der Waals surface area (Å²) in [5.41, 5.74) is 10.5. The van der Waals surface area contributed by atoms with Crippen molar-refractivity contribution in [3.8, 4) is 0 Å². The summed E-state index contributed by atoms with van der Waals surface area (Å²) in [6.45, 7) is 5.77. The molecule has 0 amide bonds. The van der Waals surface area contributed by atoms with E-state index in [0.29, 0.717) is 30.5 Å². The van der Waals surface area contributed by atoms with Crippen molar-refractivity contribution in [1.82, 2.24) is 15.0 Å². The predicted octanol–water partition coefficient (Wildman–Crippen LogP) is 3.57. The maximum atomic E-state index is 12.8. The molecule has 2 N–H and O–H groups in total. The quantitative estimate of drug-likeness (QED) is 0.674. The van der Waals surface area contributed by atoms with Gasteiger partial charge in [0.1, 0.15) is 11.5 Å². The maximum absolute atomic E-state index is 12.8. The molecule has 0 bridgehead atoms. The highest BCUT2D eigenvalue weighted by molar-refractivity contribution is 5.96. The van der Waals surface area contributed by atoms with Gasteiger partial charge in [-0.15, -0.1) is 0 Å². The lowest BCUT2D eigenvalue weighted by molar-refractivity contribution is 0.0988. The molecule has 2 aromatic heterocycles. The number of nitrogen functional groups attached to an aromatic ring is 1. The molecule has 1 aromatic carbocycles. The molecule has 0 saturated carbocycles. The number of carbonyl (C=O) groups excluding carboxylic acids is 1. The molecule has 29 heavy (non-hydrogen) atoms. The van der Waals surface area contributed by atoms with Crippen molar-refractivity contribution in [1.29, 1.82) is 0 Å². The molecule has 148 valence electrons. The zero-order chi connectivity index (χ0) is 20.4. The van der Waals surface area contributed by atoms with Crippen molar-refractivity contribution in [3.63, 3.8) is 0 Å². The third-order valence-electron chi connectivity index (χ3n) is 5.31. The summed E-state index contributed by atoms with van der Waals surface area (Å²) in [7, 11) is 0. The molecule has 0 atom stereocenters. The average molecular weight is 387 g/mol. The number of aromatic nitrogens is 3. The van der Waals surface area contributed by atoms with Gasteiger partial charge in [0.2, 0.25) is 5.95 Å². The van der Waals surface area contributed by atoms with Crippen molar-refractivity contribution >= 4 is 17.5 Å². The van der Waals surface area contributed by atoms with Crippen LogP contribution in [0.5, 0.6) is 0 Å². The van der Waals surface area contributed by atoms with E-state index >= 15 is 0 Å². The van der Waals surface area contributed by atoms with E-state index in [0.717, 1.165) is 35.6 Å². The van der Waals surface area contributed by atoms with E-state index in [1.54, 1.807) is 12.3 Å². The van der Waals surface area contributed by atoms with Crippen LogP contribution in [0.2, 0.25) is 0 Å². The molecular formula is C23H25N5O. The fourth-order valence-electron chi connectivity index (χ4n) is 3.58. The Hall–Kier alpha value is -3.28. The summed E-state index contributed by atoms with van der Waals surface area (Å²) in [6, 6.07) is 13.9. The van der Waals surface area contributed by atoms with Crippen molar-refractivity contribution in [2.45, 2.75) is 39.2 Å². The largest absolute Gasteiger partial charge is 0.368 e. The minimum absolute atomic E-state index is 0.0256. The molecule has 0 radical (unpaired) electrons. The van der Waals surface area contributed by atoms with Crippen LogP contribution in [0.15, 0.2) is 48.7 Å². The Kier molecular flexibility index (Phi) is 5.25. The lowest BCUT2D eigenvalue weighted by Gasteiger charge is -2.29. The molecule has 0 spiro atoms. The van der Waals surface area contributed by atoms with Crippen molar-refractivity contribution in [2.75, 3.05) is 17.2 Å². The third-order valence-corrected chi connectivity index (χ3v) is 5.31. The number of rotatable bonds is 5. The summed E-state index contributed by atoms with van der Waals surface area (Å²) in [4.78, 5) is 28.0. The molecule has 0 unspecified atom stereocenters. The molecule has 0 aliphatic carbocycles. The van der Waals surface area contributed by atoms with Crippen LogP contribution >= 0.6 is 0 Å². The van der Waals surface area contributed by atoms with E-state index in [4.69, 9.17) is 5.73 Å². The second-order valence-corrected chi connectivity index (χ2v) is 7.75. The number of hydrogen-bond donors (Lipinski definition) is 1. The zero-order valence-corrected chi connectivity index (χ0v) is 16.8. The lowest BCUT2D eigenvalue weighted by Crippen LogP contribution is -2.32. The Morgan fingerprint density at radius 1 is 1.14 bits per heavy atom. The monoisotopic (exact) mass is 387 g/mol. The number of ketones is 1. The van der Waals surface area contributed by atoms with Gasteiger partial charge in [-0.1, -0.05) is 44.2 Å². The van der Waals surface area contributed by atoms with Crippen LogP contribution in [0.25, 0.3) is 0 Å². The molecule has 6 heteroatoms. The van der Waals surface area contributed by atoms with E-state index in [-0.39, 0.29) is 5.78 Å². The van der Waals surface area contributed by atoms with Gasteiger partial charge in [-0.2, -0.15) is 0 Å². The van der Waals surface area contributed by atoms with Gasteiger partial charge in [-0.3, -0.25) is 4.79 Å². The van der Waals surface area contributed by atoms with Crippen molar-refractivity contribution < 1.29 is 4.79 Å². The number of pyridine rings is 1. The molecule has 6 nitrogen and oxygen atoms in total. The number of anilines is 2. The number of hydrogen-bond acceptors (Lipinski definition) is 6. The summed E-state index contributed by atoms with van der Waals surface area (Å²) < 4.78 is 0. The Morgan fingerprint density at radius 3 is 2.69 bits per heavy atom. The summed E-state index contributed by atoms with van der Waals surface area (Å²) in [5.74, 6) is 1.62. The van der Waals surface area contributed by atoms with Gasteiger partial charge in [-0.05, 0) is 29.2 Å². The van der Waals surface area contributed by atoms with Gasteiger partial charge < -0.3 is 10.6 Å². The molecule has 3 heterocycles. The van der Waals surface area contributed by atoms with Gasteiger partial charge in [0.05, 0.1) is 5.69 Å². The zero-order valence-electron chi connectivity index (χ0n) is 16.8. The Balaban J connectivity index is 1.48. The minimum atomic E-state index is 0.0256. The van der Waals surface area contributed by atoms with Gasteiger partial charge in [0.15, 0.2) is 5.78 Å². The maximum Gasteiger partial charge on any atom is 0.220 e. The SMILES string of the molecule is CC(C)c1ccc(CC(=O)c2cccc(N3CCc4nc(N)ncc4C3)n2)cc1. The predicted molar refractivity (Wildman–Crippen MR) is 114 cm³/mol. The Labute approximate surface area is 170 Å². The molecular weight excluding hydrogens is 362 g/mol. The molecule has 3 aromatic rings. The first-order chi connectivity index (χ1) is 14.0. The molecule has 4 rings (SSSR count). The third kappa shape index (κ3) is 4.26. The van der Waals surface area contributed by atoms with Gasteiger partial charge in [0, 0.05) is 37.7 Å². The van der Waals surface area contributed by atoms with Gasteiger partial charge in [-0.25, -0.2) is 15.0 Å². The summed E-state index contributed by atoms with van der Waals surface area (Å²) in [6.07, 6.45) is 2.91. The first kappa shape index (κ1) is 19.1. The first-order valence-corrected chi connectivity index (χ1v) is 9.94.